The molecule has 0 radical (unpaired) electrons. The van der Waals surface area contributed by atoms with Gasteiger partial charge in [0, 0.05) is 25.1 Å². The first-order chi connectivity index (χ1) is 13.6. The number of piperidine rings is 1. The first-order valence-corrected chi connectivity index (χ1v) is 9.72. The van der Waals surface area contributed by atoms with Crippen molar-refractivity contribution in [1.82, 2.24) is 10.2 Å². The van der Waals surface area contributed by atoms with Crippen LogP contribution in [0.25, 0.3) is 11.1 Å². The number of hydrogen-bond donors (Lipinski definition) is 2. The SMILES string of the molecule is NC(=O)CC1CCN(C(=O)NCCOc2ccccc2-c2ccccc2)CC1. The number of primary amides is 1. The molecule has 0 aliphatic carbocycles. The molecule has 6 nitrogen and oxygen atoms in total. The van der Waals surface area contributed by atoms with Crippen molar-refractivity contribution in [3.05, 3.63) is 54.6 Å². The van der Waals surface area contributed by atoms with E-state index in [0.29, 0.717) is 38.6 Å². The highest BCUT2D eigenvalue weighted by atomic mass is 16.5. The predicted octanol–water partition coefficient (Wildman–Crippen LogP) is 3.03. The normalized spacial score (nSPS) is 14.5. The van der Waals surface area contributed by atoms with Crippen LogP contribution in [0.2, 0.25) is 0 Å². The van der Waals surface area contributed by atoms with Crippen LogP contribution in [0.15, 0.2) is 54.6 Å². The first kappa shape index (κ1) is 19.7. The first-order valence-electron chi connectivity index (χ1n) is 9.72. The Balaban J connectivity index is 1.43. The Morgan fingerprint density at radius 1 is 1.04 bits per heavy atom. The molecule has 1 heterocycles. The van der Waals surface area contributed by atoms with Gasteiger partial charge in [-0.15, -0.1) is 0 Å². The predicted molar refractivity (Wildman–Crippen MR) is 109 cm³/mol. The number of nitrogens with one attached hydrogen (secondary N) is 1. The lowest BCUT2D eigenvalue weighted by Gasteiger charge is -2.31. The molecule has 0 atom stereocenters. The Morgan fingerprint density at radius 2 is 1.71 bits per heavy atom. The topological polar surface area (TPSA) is 84.7 Å². The van der Waals surface area contributed by atoms with Gasteiger partial charge in [0.1, 0.15) is 12.4 Å². The van der Waals surface area contributed by atoms with Crippen LogP contribution in [0.3, 0.4) is 0 Å². The quantitative estimate of drug-likeness (QED) is 0.723. The molecular formula is C22H27N3O3. The lowest BCUT2D eigenvalue weighted by molar-refractivity contribution is -0.119. The minimum atomic E-state index is -0.268. The maximum absolute atomic E-state index is 12.3. The summed E-state index contributed by atoms with van der Waals surface area (Å²) in [5.41, 5.74) is 7.38. The van der Waals surface area contributed by atoms with E-state index in [1.165, 1.54) is 0 Å². The molecule has 1 fully saturated rings. The van der Waals surface area contributed by atoms with E-state index in [0.717, 1.165) is 29.7 Å². The number of carbonyl (C=O) groups is 2. The summed E-state index contributed by atoms with van der Waals surface area (Å²) >= 11 is 0. The molecule has 3 rings (SSSR count). The molecule has 1 aliphatic heterocycles. The average molecular weight is 381 g/mol. The highest BCUT2D eigenvalue weighted by Crippen LogP contribution is 2.29. The van der Waals surface area contributed by atoms with Crippen LogP contribution in [0.5, 0.6) is 5.75 Å². The van der Waals surface area contributed by atoms with Crippen LogP contribution in [0, 0.1) is 5.92 Å². The number of carbonyl (C=O) groups excluding carboxylic acids is 2. The van der Waals surface area contributed by atoms with Gasteiger partial charge in [0.15, 0.2) is 0 Å². The molecule has 3 N–H and O–H groups in total. The Kier molecular flexibility index (Phi) is 6.89. The van der Waals surface area contributed by atoms with Crippen LogP contribution >= 0.6 is 0 Å². The molecule has 6 heteroatoms. The second-order valence-electron chi connectivity index (χ2n) is 7.04. The molecule has 1 aliphatic rings. The van der Waals surface area contributed by atoms with Gasteiger partial charge in [-0.2, -0.15) is 0 Å². The maximum Gasteiger partial charge on any atom is 0.317 e. The van der Waals surface area contributed by atoms with Gasteiger partial charge in [-0.25, -0.2) is 4.79 Å². The van der Waals surface area contributed by atoms with E-state index < -0.39 is 0 Å². The summed E-state index contributed by atoms with van der Waals surface area (Å²) in [6, 6.07) is 17.9. The minimum absolute atomic E-state index is 0.0857. The number of ether oxygens (including phenoxy) is 1. The third-order valence-corrected chi connectivity index (χ3v) is 5.00. The molecule has 0 spiro atoms. The van der Waals surface area contributed by atoms with E-state index in [9.17, 15) is 9.59 Å². The molecule has 148 valence electrons. The van der Waals surface area contributed by atoms with Gasteiger partial charge in [-0.05, 0) is 30.4 Å². The van der Waals surface area contributed by atoms with Gasteiger partial charge < -0.3 is 20.7 Å². The number of amides is 3. The summed E-state index contributed by atoms with van der Waals surface area (Å²) < 4.78 is 5.91. The fourth-order valence-electron chi connectivity index (χ4n) is 3.50. The van der Waals surface area contributed by atoms with E-state index in [1.54, 1.807) is 4.90 Å². The van der Waals surface area contributed by atoms with Crippen LogP contribution in [0.4, 0.5) is 4.79 Å². The van der Waals surface area contributed by atoms with E-state index in [4.69, 9.17) is 10.5 Å². The van der Waals surface area contributed by atoms with Crippen molar-refractivity contribution in [3.8, 4) is 16.9 Å². The van der Waals surface area contributed by atoms with Crippen molar-refractivity contribution < 1.29 is 14.3 Å². The van der Waals surface area contributed by atoms with Gasteiger partial charge in [0.05, 0.1) is 6.54 Å². The van der Waals surface area contributed by atoms with Gasteiger partial charge in [0.2, 0.25) is 5.91 Å². The fraction of sp³-hybridized carbons (Fsp3) is 0.364. The minimum Gasteiger partial charge on any atom is -0.491 e. The highest BCUT2D eigenvalue weighted by Gasteiger charge is 2.23. The summed E-state index contributed by atoms with van der Waals surface area (Å²) in [5, 5.41) is 2.91. The molecule has 1 saturated heterocycles. The van der Waals surface area contributed by atoms with Crippen LogP contribution in [-0.4, -0.2) is 43.1 Å². The van der Waals surface area contributed by atoms with E-state index in [1.807, 2.05) is 54.6 Å². The van der Waals surface area contributed by atoms with Crippen molar-refractivity contribution in [2.24, 2.45) is 11.7 Å². The summed E-state index contributed by atoms with van der Waals surface area (Å²) in [6.07, 6.45) is 2.04. The molecule has 0 aromatic heterocycles. The Morgan fingerprint density at radius 3 is 2.43 bits per heavy atom. The van der Waals surface area contributed by atoms with Gasteiger partial charge in [-0.3, -0.25) is 4.79 Å². The van der Waals surface area contributed by atoms with Crippen molar-refractivity contribution >= 4 is 11.9 Å². The van der Waals surface area contributed by atoms with Crippen molar-refractivity contribution in [1.29, 1.82) is 0 Å². The zero-order valence-electron chi connectivity index (χ0n) is 16.0. The third kappa shape index (κ3) is 5.49. The number of para-hydroxylation sites is 1. The number of hydrogen-bond acceptors (Lipinski definition) is 3. The largest absolute Gasteiger partial charge is 0.491 e. The fourth-order valence-corrected chi connectivity index (χ4v) is 3.50. The number of rotatable bonds is 7. The van der Waals surface area contributed by atoms with Crippen LogP contribution < -0.4 is 15.8 Å². The van der Waals surface area contributed by atoms with Gasteiger partial charge >= 0.3 is 6.03 Å². The van der Waals surface area contributed by atoms with Crippen molar-refractivity contribution in [3.63, 3.8) is 0 Å². The number of nitrogens with zero attached hydrogens (tertiary/aromatic N) is 1. The number of likely N-dealkylation sites (tertiary alicyclic amines) is 1. The van der Waals surface area contributed by atoms with E-state index in [-0.39, 0.29) is 11.9 Å². The molecule has 0 bridgehead atoms. The Hall–Kier alpha value is -3.02. The molecule has 0 unspecified atom stereocenters. The molecule has 3 amide bonds. The Bertz CT molecular complexity index is 787. The maximum atomic E-state index is 12.3. The van der Waals surface area contributed by atoms with Gasteiger partial charge in [-0.1, -0.05) is 48.5 Å². The third-order valence-electron chi connectivity index (χ3n) is 5.00. The van der Waals surface area contributed by atoms with Crippen molar-refractivity contribution in [2.75, 3.05) is 26.2 Å². The molecule has 0 saturated carbocycles. The second kappa shape index (κ2) is 9.78. The number of benzene rings is 2. The lowest BCUT2D eigenvalue weighted by atomic mass is 9.93. The Labute approximate surface area is 165 Å². The van der Waals surface area contributed by atoms with Crippen molar-refractivity contribution in [2.45, 2.75) is 19.3 Å². The average Bonchev–Trinajstić information content (AvgIpc) is 2.72. The summed E-state index contributed by atoms with van der Waals surface area (Å²) in [6.45, 7) is 2.14. The zero-order valence-corrected chi connectivity index (χ0v) is 16.0. The summed E-state index contributed by atoms with van der Waals surface area (Å²) in [4.78, 5) is 25.1. The van der Waals surface area contributed by atoms with E-state index >= 15 is 0 Å². The van der Waals surface area contributed by atoms with Gasteiger partial charge in [0.25, 0.3) is 0 Å². The molecule has 2 aromatic rings. The number of urea groups is 1. The lowest BCUT2D eigenvalue weighted by Crippen LogP contribution is -2.45. The smallest absolute Gasteiger partial charge is 0.317 e. The molecule has 2 aromatic carbocycles. The monoisotopic (exact) mass is 381 g/mol. The summed E-state index contributed by atoms with van der Waals surface area (Å²) in [5.74, 6) is 0.824. The second-order valence-corrected chi connectivity index (χ2v) is 7.04. The number of nitrogens with two attached hydrogens (primary N) is 1. The zero-order chi connectivity index (χ0) is 19.8. The molecular weight excluding hydrogens is 354 g/mol. The highest BCUT2D eigenvalue weighted by molar-refractivity contribution is 5.75. The summed E-state index contributed by atoms with van der Waals surface area (Å²) in [7, 11) is 0. The molecule has 28 heavy (non-hydrogen) atoms. The standard InChI is InChI=1S/C22H27N3O3/c23-21(26)16-17-10-13-25(14-11-17)22(27)24-12-15-28-20-9-5-4-8-19(20)18-6-2-1-3-7-18/h1-9,17H,10-16H2,(H2,23,26)(H,24,27). The van der Waals surface area contributed by atoms with E-state index in [2.05, 4.69) is 5.32 Å². The van der Waals surface area contributed by atoms with Crippen LogP contribution in [-0.2, 0) is 4.79 Å². The van der Waals surface area contributed by atoms with Crippen LogP contribution in [0.1, 0.15) is 19.3 Å².